The van der Waals surface area contributed by atoms with E-state index in [0.29, 0.717) is 45.3 Å². The highest BCUT2D eigenvalue weighted by Crippen LogP contribution is 2.35. The second-order valence-corrected chi connectivity index (χ2v) is 9.35. The van der Waals surface area contributed by atoms with Crippen molar-refractivity contribution in [3.8, 4) is 11.5 Å². The largest absolute Gasteiger partial charge is 0.490 e. The second kappa shape index (κ2) is 11.9. The highest BCUT2D eigenvalue weighted by atomic mass is 127. The number of hydrogen-bond donors (Lipinski definition) is 1. The zero-order valence-corrected chi connectivity index (χ0v) is 22.2. The Bertz CT molecular complexity index is 1200. The zero-order chi connectivity index (χ0) is 24.0. The third-order valence-corrected chi connectivity index (χ3v) is 6.46. The van der Waals surface area contributed by atoms with Crippen LogP contribution in [0.1, 0.15) is 34.0 Å². The second-order valence-electron chi connectivity index (χ2n) is 6.96. The molecule has 3 aromatic carbocycles. The molecule has 0 bridgehead atoms. The molecule has 1 amide bonds. The first kappa shape index (κ1) is 25.6. The van der Waals surface area contributed by atoms with Crippen LogP contribution in [0, 0.1) is 10.5 Å². The Labute approximate surface area is 221 Å². The minimum Gasteiger partial charge on any atom is -0.490 e. The number of nitrogens with zero attached hydrogens (tertiary/aromatic N) is 1. The van der Waals surface area contributed by atoms with Crippen LogP contribution in [0.25, 0.3) is 0 Å². The van der Waals surface area contributed by atoms with Gasteiger partial charge in [-0.2, -0.15) is 5.10 Å². The van der Waals surface area contributed by atoms with Crippen molar-refractivity contribution in [1.82, 2.24) is 5.43 Å². The summed E-state index contributed by atoms with van der Waals surface area (Å²) in [5.74, 6) is 0.830. The van der Waals surface area contributed by atoms with E-state index in [1.807, 2.05) is 26.0 Å². The molecule has 9 heteroatoms. The summed E-state index contributed by atoms with van der Waals surface area (Å²) in [6.07, 6.45) is 1.54. The van der Waals surface area contributed by atoms with Crippen LogP contribution in [0.4, 0.5) is 0 Å². The van der Waals surface area contributed by atoms with Crippen molar-refractivity contribution < 1.29 is 14.3 Å². The summed E-state index contributed by atoms with van der Waals surface area (Å²) in [5.41, 5.74) is 5.46. The topological polar surface area (TPSA) is 59.9 Å². The number of hydrazone groups is 1. The number of amides is 1. The fourth-order valence-electron chi connectivity index (χ4n) is 2.81. The van der Waals surface area contributed by atoms with Gasteiger partial charge in [-0.05, 0) is 89.5 Å². The molecular formula is C24H20Cl3IN2O3. The van der Waals surface area contributed by atoms with E-state index in [1.165, 1.54) is 0 Å². The first-order chi connectivity index (χ1) is 15.8. The van der Waals surface area contributed by atoms with Crippen molar-refractivity contribution in [3.05, 3.63) is 89.4 Å². The van der Waals surface area contributed by atoms with Gasteiger partial charge < -0.3 is 9.47 Å². The molecule has 0 heterocycles. The number of nitrogens with one attached hydrogen (secondary N) is 1. The lowest BCUT2D eigenvalue weighted by Crippen LogP contribution is -2.17. The van der Waals surface area contributed by atoms with Crippen molar-refractivity contribution in [1.29, 1.82) is 0 Å². The van der Waals surface area contributed by atoms with E-state index in [1.54, 1.807) is 42.6 Å². The molecule has 1 N–H and O–H groups in total. The number of halogens is 4. The Morgan fingerprint density at radius 1 is 1.03 bits per heavy atom. The smallest absolute Gasteiger partial charge is 0.271 e. The number of carbonyl (C=O) groups is 1. The van der Waals surface area contributed by atoms with Gasteiger partial charge in [-0.15, -0.1) is 0 Å². The van der Waals surface area contributed by atoms with E-state index in [4.69, 9.17) is 44.3 Å². The van der Waals surface area contributed by atoms with Gasteiger partial charge in [0.05, 0.1) is 26.4 Å². The molecular weight excluding hydrogens is 598 g/mol. The lowest BCUT2D eigenvalue weighted by Gasteiger charge is -2.15. The van der Waals surface area contributed by atoms with Gasteiger partial charge in [-0.3, -0.25) is 4.79 Å². The van der Waals surface area contributed by atoms with E-state index in [9.17, 15) is 4.79 Å². The average molecular weight is 618 g/mol. The summed E-state index contributed by atoms with van der Waals surface area (Å²) < 4.78 is 12.6. The summed E-state index contributed by atoms with van der Waals surface area (Å²) in [7, 11) is 0. The molecule has 3 aromatic rings. The third kappa shape index (κ3) is 6.99. The molecule has 5 nitrogen and oxygen atoms in total. The van der Waals surface area contributed by atoms with Crippen LogP contribution < -0.4 is 14.9 Å². The van der Waals surface area contributed by atoms with Crippen LogP contribution in [0.5, 0.6) is 11.5 Å². The molecule has 172 valence electrons. The van der Waals surface area contributed by atoms with Crippen LogP contribution in [0.3, 0.4) is 0 Å². The Morgan fingerprint density at radius 2 is 1.82 bits per heavy atom. The number of aryl methyl sites for hydroxylation is 1. The van der Waals surface area contributed by atoms with Crippen molar-refractivity contribution in [2.45, 2.75) is 20.5 Å². The first-order valence-corrected chi connectivity index (χ1v) is 12.1. The maximum Gasteiger partial charge on any atom is 0.271 e. The van der Waals surface area contributed by atoms with Gasteiger partial charge in [0.2, 0.25) is 0 Å². The lowest BCUT2D eigenvalue weighted by atomic mass is 10.1. The maximum absolute atomic E-state index is 12.3. The predicted molar refractivity (Wildman–Crippen MR) is 142 cm³/mol. The van der Waals surface area contributed by atoms with Gasteiger partial charge >= 0.3 is 0 Å². The third-order valence-electron chi connectivity index (χ3n) is 4.51. The van der Waals surface area contributed by atoms with Gasteiger partial charge in [0.1, 0.15) is 6.61 Å². The molecule has 3 rings (SSSR count). The van der Waals surface area contributed by atoms with E-state index >= 15 is 0 Å². The summed E-state index contributed by atoms with van der Waals surface area (Å²) in [5, 5.41) is 5.55. The molecule has 0 aromatic heterocycles. The fraction of sp³-hybridized carbons (Fsp3) is 0.167. The van der Waals surface area contributed by atoms with Crippen molar-refractivity contribution in [3.63, 3.8) is 0 Å². The van der Waals surface area contributed by atoms with Gasteiger partial charge in [0.15, 0.2) is 11.5 Å². The molecule has 33 heavy (non-hydrogen) atoms. The molecule has 0 spiro atoms. The maximum atomic E-state index is 12.3. The van der Waals surface area contributed by atoms with Gasteiger partial charge in [-0.1, -0.05) is 46.9 Å². The quantitative estimate of drug-likeness (QED) is 0.164. The van der Waals surface area contributed by atoms with E-state index in [-0.39, 0.29) is 5.91 Å². The fourth-order valence-corrected chi connectivity index (χ4v) is 4.10. The minimum absolute atomic E-state index is 0.301. The average Bonchev–Trinajstić information content (AvgIpc) is 2.77. The SMILES string of the molecule is CCOc1cc(/C=N\NC(=O)c2ccc(C)c(Cl)c2)cc(I)c1OCc1ccc(Cl)c(Cl)c1. The van der Waals surface area contributed by atoms with Gasteiger partial charge in [0, 0.05) is 10.6 Å². The molecule has 0 aliphatic heterocycles. The monoisotopic (exact) mass is 616 g/mol. The molecule has 0 atom stereocenters. The molecule has 0 aliphatic carbocycles. The predicted octanol–water partition coefficient (Wildman–Crippen LogP) is 7.30. The highest BCUT2D eigenvalue weighted by Gasteiger charge is 2.13. The molecule has 0 radical (unpaired) electrons. The Morgan fingerprint density at radius 3 is 2.52 bits per heavy atom. The molecule has 0 fully saturated rings. The molecule has 0 saturated carbocycles. The van der Waals surface area contributed by atoms with E-state index < -0.39 is 0 Å². The molecule has 0 saturated heterocycles. The summed E-state index contributed by atoms with van der Waals surface area (Å²) in [4.78, 5) is 12.3. The Hall–Kier alpha value is -2.00. The van der Waals surface area contributed by atoms with Crippen LogP contribution in [-0.2, 0) is 6.61 Å². The Kier molecular flexibility index (Phi) is 9.26. The molecule has 0 aliphatic rings. The van der Waals surface area contributed by atoms with Gasteiger partial charge in [0.25, 0.3) is 5.91 Å². The van der Waals surface area contributed by atoms with Gasteiger partial charge in [-0.25, -0.2) is 5.43 Å². The highest BCUT2D eigenvalue weighted by molar-refractivity contribution is 14.1. The summed E-state index contributed by atoms with van der Waals surface area (Å²) >= 11 is 20.3. The zero-order valence-electron chi connectivity index (χ0n) is 17.8. The van der Waals surface area contributed by atoms with E-state index in [0.717, 1.165) is 20.3 Å². The van der Waals surface area contributed by atoms with Crippen molar-refractivity contribution >= 4 is 69.5 Å². The summed E-state index contributed by atoms with van der Waals surface area (Å²) in [6.45, 7) is 4.53. The van der Waals surface area contributed by atoms with E-state index in [2.05, 4.69) is 33.1 Å². The normalized spacial score (nSPS) is 11.0. The number of carbonyl (C=O) groups excluding carboxylic acids is 1. The summed E-state index contributed by atoms with van der Waals surface area (Å²) in [6, 6.07) is 14.1. The minimum atomic E-state index is -0.352. The van der Waals surface area contributed by atoms with Crippen molar-refractivity contribution in [2.75, 3.05) is 6.61 Å². The van der Waals surface area contributed by atoms with Crippen LogP contribution in [0.2, 0.25) is 15.1 Å². The molecule has 0 unspecified atom stereocenters. The van der Waals surface area contributed by atoms with Crippen LogP contribution in [0.15, 0.2) is 53.6 Å². The number of hydrogen-bond acceptors (Lipinski definition) is 4. The van der Waals surface area contributed by atoms with Crippen LogP contribution in [-0.4, -0.2) is 18.7 Å². The first-order valence-electron chi connectivity index (χ1n) is 9.91. The van der Waals surface area contributed by atoms with Crippen molar-refractivity contribution in [2.24, 2.45) is 5.10 Å². The lowest BCUT2D eigenvalue weighted by molar-refractivity contribution is 0.0955. The number of benzene rings is 3. The number of ether oxygens (including phenoxy) is 2. The number of rotatable bonds is 8. The standard InChI is InChI=1S/C24H20Cl3IN2O3/c1-3-32-22-10-16(12-29-30-24(31)17-6-4-14(2)19(26)11-17)9-21(28)23(22)33-13-15-5-7-18(25)20(27)8-15/h4-12H,3,13H2,1-2H3,(H,30,31)/b29-12-. The Balaban J connectivity index is 1.73. The van der Waals surface area contributed by atoms with Crippen LogP contribution >= 0.6 is 57.4 Å².